The van der Waals surface area contributed by atoms with E-state index < -0.39 is 0 Å². The van der Waals surface area contributed by atoms with Crippen molar-refractivity contribution in [3.05, 3.63) is 97.1 Å². The summed E-state index contributed by atoms with van der Waals surface area (Å²) in [6.45, 7) is 0. The minimum Gasteiger partial charge on any atom is -0.236 e. The van der Waals surface area contributed by atoms with Crippen LogP contribution in [0.4, 0.5) is 0 Å². The van der Waals surface area contributed by atoms with Gasteiger partial charge in [0.25, 0.3) is 0 Å². The first-order valence-electron chi connectivity index (χ1n) is 9.76. The number of thiazole rings is 2. The van der Waals surface area contributed by atoms with Gasteiger partial charge in [-0.2, -0.15) is 0 Å². The Morgan fingerprint density at radius 1 is 0.400 bits per heavy atom. The third-order valence-corrected chi connectivity index (χ3v) is 7.36. The van der Waals surface area contributed by atoms with Crippen LogP contribution < -0.4 is 0 Å². The third kappa shape index (κ3) is 3.11. The molecule has 0 amide bonds. The Morgan fingerprint density at radius 3 is 1.17 bits per heavy atom. The summed E-state index contributed by atoms with van der Waals surface area (Å²) in [6.07, 6.45) is 0. The number of fused-ring (bicyclic) bond motifs is 2. The van der Waals surface area contributed by atoms with Crippen LogP contribution in [0.2, 0.25) is 0 Å². The van der Waals surface area contributed by atoms with Crippen LogP contribution in [-0.2, 0) is 0 Å². The summed E-state index contributed by atoms with van der Waals surface area (Å²) < 4.78 is 2.45. The Labute approximate surface area is 182 Å². The van der Waals surface area contributed by atoms with Crippen LogP contribution in [0.3, 0.4) is 0 Å². The van der Waals surface area contributed by atoms with Gasteiger partial charge in [-0.25, -0.2) is 9.97 Å². The molecular formula is C26H16N2S2. The quantitative estimate of drug-likeness (QED) is 0.291. The molecule has 0 fully saturated rings. The Morgan fingerprint density at radius 2 is 0.767 bits per heavy atom. The summed E-state index contributed by atoms with van der Waals surface area (Å²) in [5.41, 5.74) is 6.85. The Kier molecular flexibility index (Phi) is 4.18. The van der Waals surface area contributed by atoms with Gasteiger partial charge in [0, 0.05) is 11.1 Å². The first-order chi connectivity index (χ1) is 14.8. The normalized spacial score (nSPS) is 11.3. The maximum absolute atomic E-state index is 4.76. The van der Waals surface area contributed by atoms with Crippen LogP contribution in [0, 0.1) is 0 Å². The molecule has 0 aliphatic rings. The standard InChI is InChI=1S/C26H16N2S2/c1-3-7-23-21(5-1)27-25(29-23)19-13-9-17(10-14-19)18-11-15-20(16-12-18)26-28-22-6-2-4-8-24(22)30-26/h1-16H. The van der Waals surface area contributed by atoms with E-state index in [4.69, 9.17) is 9.97 Å². The van der Waals surface area contributed by atoms with E-state index in [0.717, 1.165) is 32.2 Å². The van der Waals surface area contributed by atoms with Crippen molar-refractivity contribution in [2.45, 2.75) is 0 Å². The van der Waals surface area contributed by atoms with Crippen molar-refractivity contribution >= 4 is 43.1 Å². The number of benzene rings is 4. The number of nitrogens with zero attached hydrogens (tertiary/aromatic N) is 2. The van der Waals surface area contributed by atoms with Crippen molar-refractivity contribution in [2.75, 3.05) is 0 Å². The third-order valence-electron chi connectivity index (χ3n) is 5.18. The van der Waals surface area contributed by atoms with E-state index in [9.17, 15) is 0 Å². The van der Waals surface area contributed by atoms with Gasteiger partial charge in [-0.3, -0.25) is 0 Å². The lowest BCUT2D eigenvalue weighted by Crippen LogP contribution is -1.81. The molecule has 142 valence electrons. The van der Waals surface area contributed by atoms with Crippen molar-refractivity contribution in [3.8, 4) is 32.3 Å². The molecule has 2 aromatic heterocycles. The molecule has 0 aliphatic carbocycles. The molecule has 0 bridgehead atoms. The molecule has 0 unspecified atom stereocenters. The SMILES string of the molecule is c1ccc2sc(-c3ccc(-c4ccc(-c5nc6ccccc6s5)cc4)cc3)nc2c1. The lowest BCUT2D eigenvalue weighted by Gasteiger charge is -2.04. The maximum Gasteiger partial charge on any atom is 0.124 e. The van der Waals surface area contributed by atoms with E-state index in [1.165, 1.54) is 20.5 Å². The number of aromatic nitrogens is 2. The van der Waals surface area contributed by atoms with Gasteiger partial charge in [0.1, 0.15) is 10.0 Å². The highest BCUT2D eigenvalue weighted by molar-refractivity contribution is 7.22. The number of hydrogen-bond acceptors (Lipinski definition) is 4. The van der Waals surface area contributed by atoms with E-state index in [1.807, 2.05) is 12.1 Å². The van der Waals surface area contributed by atoms with E-state index >= 15 is 0 Å². The van der Waals surface area contributed by atoms with Crippen LogP contribution in [0.1, 0.15) is 0 Å². The van der Waals surface area contributed by atoms with Crippen LogP contribution in [0.5, 0.6) is 0 Å². The highest BCUT2D eigenvalue weighted by Crippen LogP contribution is 2.33. The Hall–Kier alpha value is -3.34. The molecule has 30 heavy (non-hydrogen) atoms. The fourth-order valence-corrected chi connectivity index (χ4v) is 5.54. The zero-order chi connectivity index (χ0) is 19.9. The van der Waals surface area contributed by atoms with Crippen LogP contribution in [-0.4, -0.2) is 9.97 Å². The van der Waals surface area contributed by atoms with Gasteiger partial charge >= 0.3 is 0 Å². The van der Waals surface area contributed by atoms with E-state index in [-0.39, 0.29) is 0 Å². The Bertz CT molecular complexity index is 1290. The lowest BCUT2D eigenvalue weighted by atomic mass is 10.0. The molecular weight excluding hydrogens is 404 g/mol. The molecule has 0 spiro atoms. The van der Waals surface area contributed by atoms with Gasteiger partial charge in [0.05, 0.1) is 20.4 Å². The summed E-state index contributed by atoms with van der Waals surface area (Å²) in [6, 6.07) is 33.9. The van der Waals surface area contributed by atoms with Gasteiger partial charge in [-0.1, -0.05) is 72.8 Å². The van der Waals surface area contributed by atoms with E-state index in [2.05, 4.69) is 84.9 Å². The van der Waals surface area contributed by atoms with E-state index in [1.54, 1.807) is 22.7 Å². The van der Waals surface area contributed by atoms with Crippen LogP contribution in [0.25, 0.3) is 52.7 Å². The molecule has 0 saturated heterocycles. The van der Waals surface area contributed by atoms with Crippen molar-refractivity contribution in [2.24, 2.45) is 0 Å². The molecule has 0 N–H and O–H groups in total. The Balaban J connectivity index is 1.28. The van der Waals surface area contributed by atoms with Crippen molar-refractivity contribution in [1.82, 2.24) is 9.97 Å². The van der Waals surface area contributed by atoms with Gasteiger partial charge in [-0.15, -0.1) is 22.7 Å². The van der Waals surface area contributed by atoms with E-state index in [0.29, 0.717) is 0 Å². The van der Waals surface area contributed by atoms with Gasteiger partial charge < -0.3 is 0 Å². The zero-order valence-corrected chi connectivity index (χ0v) is 17.6. The largest absolute Gasteiger partial charge is 0.236 e. The van der Waals surface area contributed by atoms with Crippen LogP contribution >= 0.6 is 22.7 Å². The fourth-order valence-electron chi connectivity index (χ4n) is 3.60. The van der Waals surface area contributed by atoms with Gasteiger partial charge in [0.2, 0.25) is 0 Å². The monoisotopic (exact) mass is 420 g/mol. The zero-order valence-electron chi connectivity index (χ0n) is 15.9. The van der Waals surface area contributed by atoms with Gasteiger partial charge in [0.15, 0.2) is 0 Å². The first kappa shape index (κ1) is 17.5. The maximum atomic E-state index is 4.76. The predicted molar refractivity (Wildman–Crippen MR) is 129 cm³/mol. The number of para-hydroxylation sites is 2. The molecule has 4 aromatic carbocycles. The van der Waals surface area contributed by atoms with Crippen LogP contribution in [0.15, 0.2) is 97.1 Å². The average molecular weight is 421 g/mol. The second-order valence-electron chi connectivity index (χ2n) is 7.13. The molecule has 4 heteroatoms. The topological polar surface area (TPSA) is 25.8 Å². The first-order valence-corrected chi connectivity index (χ1v) is 11.4. The molecule has 0 radical (unpaired) electrons. The summed E-state index contributed by atoms with van der Waals surface area (Å²) in [4.78, 5) is 9.52. The van der Waals surface area contributed by atoms with Crippen molar-refractivity contribution in [3.63, 3.8) is 0 Å². The molecule has 6 aromatic rings. The number of hydrogen-bond donors (Lipinski definition) is 0. The van der Waals surface area contributed by atoms with Gasteiger partial charge in [-0.05, 0) is 35.4 Å². The second kappa shape index (κ2) is 7.17. The molecule has 0 atom stereocenters. The fraction of sp³-hybridized carbons (Fsp3) is 0. The molecule has 2 nitrogen and oxygen atoms in total. The molecule has 0 aliphatic heterocycles. The summed E-state index contributed by atoms with van der Waals surface area (Å²) in [5, 5.41) is 2.13. The summed E-state index contributed by atoms with van der Waals surface area (Å²) >= 11 is 3.47. The average Bonchev–Trinajstić information content (AvgIpc) is 3.44. The molecule has 6 rings (SSSR count). The summed E-state index contributed by atoms with van der Waals surface area (Å²) in [7, 11) is 0. The number of rotatable bonds is 3. The smallest absolute Gasteiger partial charge is 0.124 e. The predicted octanol–water partition coefficient (Wildman–Crippen LogP) is 7.91. The second-order valence-corrected chi connectivity index (χ2v) is 9.19. The van der Waals surface area contributed by atoms with Crippen molar-refractivity contribution in [1.29, 1.82) is 0 Å². The lowest BCUT2D eigenvalue weighted by molar-refractivity contribution is 1.47. The highest BCUT2D eigenvalue weighted by atomic mass is 32.1. The summed E-state index contributed by atoms with van der Waals surface area (Å²) in [5.74, 6) is 0. The molecule has 0 saturated carbocycles. The molecule has 2 heterocycles. The van der Waals surface area contributed by atoms with Crippen molar-refractivity contribution < 1.29 is 0 Å². The minimum atomic E-state index is 1.06. The highest BCUT2D eigenvalue weighted by Gasteiger charge is 2.08. The minimum absolute atomic E-state index is 1.06.